The molecule has 1 saturated carbocycles. The van der Waals surface area contributed by atoms with Crippen molar-refractivity contribution in [1.29, 1.82) is 5.26 Å². The third kappa shape index (κ3) is 1.50. The molecule has 0 amide bonds. The summed E-state index contributed by atoms with van der Waals surface area (Å²) in [4.78, 5) is 4.71. The third-order valence-corrected chi connectivity index (χ3v) is 2.82. The largest absolute Gasteiger partial charge is 0.304 e. The van der Waals surface area contributed by atoms with Crippen LogP contribution in [0.25, 0.3) is 0 Å². The first-order valence-corrected chi connectivity index (χ1v) is 4.63. The van der Waals surface area contributed by atoms with Crippen LogP contribution >= 0.6 is 0 Å². The van der Waals surface area contributed by atoms with Crippen molar-refractivity contribution in [3.05, 3.63) is 35.4 Å². The van der Waals surface area contributed by atoms with Gasteiger partial charge in [-0.15, -0.1) is 0 Å². The molecule has 1 aliphatic rings. The van der Waals surface area contributed by atoms with Gasteiger partial charge in [0.1, 0.15) is 0 Å². The Balaban J connectivity index is 2.28. The lowest BCUT2D eigenvalue weighted by molar-refractivity contribution is 0.116. The summed E-state index contributed by atoms with van der Waals surface area (Å²) < 4.78 is 0. The average Bonchev–Trinajstić information content (AvgIpc) is 3.00. The number of benzene rings is 1. The second-order valence-corrected chi connectivity index (χ2v) is 3.78. The molecule has 0 unspecified atom stereocenters. The fraction of sp³-hybridized carbons (Fsp3) is 0.364. The Bertz CT molecular complexity index is 377. The van der Waals surface area contributed by atoms with Gasteiger partial charge in [-0.25, -0.2) is 5.90 Å². The summed E-state index contributed by atoms with van der Waals surface area (Å²) in [6.45, 7) is 0.544. The monoisotopic (exact) mass is 188 g/mol. The maximum atomic E-state index is 8.77. The van der Waals surface area contributed by atoms with E-state index in [1.807, 2.05) is 24.3 Å². The second-order valence-electron chi connectivity index (χ2n) is 3.78. The van der Waals surface area contributed by atoms with Gasteiger partial charge in [0.25, 0.3) is 0 Å². The highest BCUT2D eigenvalue weighted by Crippen LogP contribution is 2.48. The summed E-state index contributed by atoms with van der Waals surface area (Å²) in [7, 11) is 0. The first-order chi connectivity index (χ1) is 6.80. The van der Waals surface area contributed by atoms with Gasteiger partial charge in [0.15, 0.2) is 0 Å². The van der Waals surface area contributed by atoms with Crippen LogP contribution in [0.2, 0.25) is 0 Å². The van der Waals surface area contributed by atoms with Crippen LogP contribution in [-0.2, 0) is 10.3 Å². The van der Waals surface area contributed by atoms with Crippen LogP contribution in [0.3, 0.4) is 0 Å². The Hall–Kier alpha value is -1.37. The molecule has 0 heterocycles. The average molecular weight is 188 g/mol. The SMILES string of the molecule is N#Cc1cccc(C2(CON)CC2)c1. The number of nitriles is 1. The van der Waals surface area contributed by atoms with Gasteiger partial charge in [-0.1, -0.05) is 12.1 Å². The summed E-state index contributed by atoms with van der Waals surface area (Å²) in [6.07, 6.45) is 2.19. The minimum atomic E-state index is 0.0849. The van der Waals surface area contributed by atoms with E-state index in [2.05, 4.69) is 6.07 Å². The summed E-state index contributed by atoms with van der Waals surface area (Å²) in [6, 6.07) is 9.81. The molecular weight excluding hydrogens is 176 g/mol. The quantitative estimate of drug-likeness (QED) is 0.731. The first-order valence-electron chi connectivity index (χ1n) is 4.63. The van der Waals surface area contributed by atoms with E-state index in [1.165, 1.54) is 5.56 Å². The minimum Gasteiger partial charge on any atom is -0.304 e. The predicted octanol–water partition coefficient (Wildman–Crippen LogP) is 1.48. The van der Waals surface area contributed by atoms with E-state index >= 15 is 0 Å². The lowest BCUT2D eigenvalue weighted by Gasteiger charge is -2.13. The zero-order valence-corrected chi connectivity index (χ0v) is 7.86. The Kier molecular flexibility index (Phi) is 2.24. The highest BCUT2D eigenvalue weighted by Gasteiger charge is 2.44. The van der Waals surface area contributed by atoms with Crippen molar-refractivity contribution in [1.82, 2.24) is 0 Å². The van der Waals surface area contributed by atoms with Gasteiger partial charge in [-0.2, -0.15) is 5.26 Å². The first kappa shape index (κ1) is 9.20. The lowest BCUT2D eigenvalue weighted by atomic mass is 9.95. The van der Waals surface area contributed by atoms with E-state index in [4.69, 9.17) is 16.0 Å². The van der Waals surface area contributed by atoms with Gasteiger partial charge in [0, 0.05) is 5.41 Å². The van der Waals surface area contributed by atoms with Crippen molar-refractivity contribution in [3.63, 3.8) is 0 Å². The van der Waals surface area contributed by atoms with E-state index in [1.54, 1.807) is 0 Å². The molecule has 0 atom stereocenters. The topological polar surface area (TPSA) is 59.0 Å². The van der Waals surface area contributed by atoms with Crippen LogP contribution in [0.15, 0.2) is 24.3 Å². The maximum Gasteiger partial charge on any atom is 0.0991 e. The molecule has 0 radical (unpaired) electrons. The molecule has 0 spiro atoms. The Labute approximate surface area is 83.1 Å². The number of nitrogens with zero attached hydrogens (tertiary/aromatic N) is 1. The van der Waals surface area contributed by atoms with E-state index in [-0.39, 0.29) is 5.41 Å². The zero-order valence-electron chi connectivity index (χ0n) is 7.86. The highest BCUT2D eigenvalue weighted by molar-refractivity contribution is 5.39. The fourth-order valence-electron chi connectivity index (χ4n) is 1.75. The summed E-state index contributed by atoms with van der Waals surface area (Å²) in [5.41, 5.74) is 1.95. The molecule has 0 bridgehead atoms. The van der Waals surface area contributed by atoms with E-state index in [0.717, 1.165) is 12.8 Å². The molecule has 3 heteroatoms. The predicted molar refractivity (Wildman–Crippen MR) is 52.2 cm³/mol. The molecule has 1 fully saturated rings. The van der Waals surface area contributed by atoms with Gasteiger partial charge >= 0.3 is 0 Å². The molecule has 0 aliphatic heterocycles. The Morgan fingerprint density at radius 2 is 2.29 bits per heavy atom. The second kappa shape index (κ2) is 3.41. The van der Waals surface area contributed by atoms with Gasteiger partial charge in [0.2, 0.25) is 0 Å². The van der Waals surface area contributed by atoms with Gasteiger partial charge in [-0.05, 0) is 30.5 Å². The molecule has 14 heavy (non-hydrogen) atoms. The molecule has 3 nitrogen and oxygen atoms in total. The molecule has 1 aliphatic carbocycles. The van der Waals surface area contributed by atoms with Crippen molar-refractivity contribution < 1.29 is 4.84 Å². The van der Waals surface area contributed by atoms with Crippen LogP contribution in [0.1, 0.15) is 24.0 Å². The molecule has 0 saturated heterocycles. The van der Waals surface area contributed by atoms with Crippen LogP contribution < -0.4 is 5.90 Å². The molecular formula is C11H12N2O. The van der Waals surface area contributed by atoms with Crippen LogP contribution in [0, 0.1) is 11.3 Å². The van der Waals surface area contributed by atoms with E-state index < -0.39 is 0 Å². The van der Waals surface area contributed by atoms with Gasteiger partial charge < -0.3 is 4.84 Å². The molecule has 72 valence electrons. The number of rotatable bonds is 3. The lowest BCUT2D eigenvalue weighted by Crippen LogP contribution is -2.18. The van der Waals surface area contributed by atoms with Crippen molar-refractivity contribution in [2.24, 2.45) is 5.90 Å². The highest BCUT2D eigenvalue weighted by atomic mass is 16.6. The summed E-state index contributed by atoms with van der Waals surface area (Å²) >= 11 is 0. The molecule has 0 aromatic heterocycles. The van der Waals surface area contributed by atoms with Crippen LogP contribution in [0.4, 0.5) is 0 Å². The van der Waals surface area contributed by atoms with Gasteiger partial charge in [0.05, 0.1) is 18.2 Å². The van der Waals surface area contributed by atoms with Crippen molar-refractivity contribution in [2.75, 3.05) is 6.61 Å². The Morgan fingerprint density at radius 3 is 2.86 bits per heavy atom. The van der Waals surface area contributed by atoms with Crippen molar-refractivity contribution in [3.8, 4) is 6.07 Å². The van der Waals surface area contributed by atoms with E-state index in [0.29, 0.717) is 12.2 Å². The minimum absolute atomic E-state index is 0.0849. The Morgan fingerprint density at radius 1 is 1.50 bits per heavy atom. The van der Waals surface area contributed by atoms with Gasteiger partial charge in [-0.3, -0.25) is 0 Å². The molecule has 2 rings (SSSR count). The maximum absolute atomic E-state index is 8.77. The normalized spacial score (nSPS) is 17.4. The summed E-state index contributed by atoms with van der Waals surface area (Å²) in [5, 5.41) is 8.77. The van der Waals surface area contributed by atoms with E-state index in [9.17, 15) is 0 Å². The smallest absolute Gasteiger partial charge is 0.0991 e. The standard InChI is InChI=1S/C11H12N2O/c12-7-9-2-1-3-10(6-9)11(4-5-11)8-14-13/h1-3,6H,4-5,8,13H2. The number of hydrogen-bond donors (Lipinski definition) is 1. The zero-order chi connectivity index (χ0) is 10.0. The number of nitrogens with two attached hydrogens (primary N) is 1. The van der Waals surface area contributed by atoms with Crippen molar-refractivity contribution in [2.45, 2.75) is 18.3 Å². The summed E-state index contributed by atoms with van der Waals surface area (Å²) in [5.74, 6) is 5.10. The van der Waals surface area contributed by atoms with Crippen LogP contribution in [-0.4, -0.2) is 6.61 Å². The van der Waals surface area contributed by atoms with Crippen LogP contribution in [0.5, 0.6) is 0 Å². The van der Waals surface area contributed by atoms with Crippen molar-refractivity contribution >= 4 is 0 Å². The molecule has 1 aromatic rings. The number of hydrogen-bond acceptors (Lipinski definition) is 3. The third-order valence-electron chi connectivity index (χ3n) is 2.82. The molecule has 2 N–H and O–H groups in total. The molecule has 1 aromatic carbocycles. The fourth-order valence-corrected chi connectivity index (χ4v) is 1.75.